The van der Waals surface area contributed by atoms with Crippen molar-refractivity contribution in [3.8, 4) is 0 Å². The molecule has 2 N–H and O–H groups in total. The number of allylic oxidation sites excluding steroid dienone is 2. The van der Waals surface area contributed by atoms with E-state index < -0.39 is 17.7 Å². The predicted octanol–water partition coefficient (Wildman–Crippen LogP) is 2.01. The van der Waals surface area contributed by atoms with Crippen LogP contribution in [0.25, 0.3) is 0 Å². The molecule has 4 atom stereocenters. The highest BCUT2D eigenvalue weighted by molar-refractivity contribution is 5.56. The molecule has 3 unspecified atom stereocenters. The number of halogens is 3. The second-order valence-electron chi connectivity index (χ2n) is 4.39. The van der Waals surface area contributed by atoms with E-state index in [1.807, 2.05) is 6.92 Å². The van der Waals surface area contributed by atoms with Crippen LogP contribution in [0, 0.1) is 17.8 Å². The van der Waals surface area contributed by atoms with Crippen molar-refractivity contribution in [2.24, 2.45) is 23.5 Å². The van der Waals surface area contributed by atoms with Crippen LogP contribution in [0.5, 0.6) is 0 Å². The molecule has 4 aliphatic carbocycles. The minimum atomic E-state index is -4.20. The Morgan fingerprint density at radius 3 is 2.36 bits per heavy atom. The lowest BCUT2D eigenvalue weighted by atomic mass is 9.42. The minimum Gasteiger partial charge on any atom is -0.327 e. The van der Waals surface area contributed by atoms with Crippen LogP contribution >= 0.6 is 0 Å². The molecule has 0 aromatic rings. The highest BCUT2D eigenvalue weighted by atomic mass is 19.4. The van der Waals surface area contributed by atoms with Gasteiger partial charge < -0.3 is 5.73 Å². The molecule has 0 heterocycles. The number of alkyl halides is 3. The minimum absolute atomic E-state index is 0.0987. The van der Waals surface area contributed by atoms with Crippen LogP contribution in [0.1, 0.15) is 6.92 Å². The monoisotopic (exact) mass is 201 g/mol. The number of nitrogens with two attached hydrogens (primary N) is 1. The molecule has 4 heteroatoms. The lowest BCUT2D eigenvalue weighted by Gasteiger charge is -2.63. The summed E-state index contributed by atoms with van der Waals surface area (Å²) in [6.45, 7) is 1.92. The van der Waals surface area contributed by atoms with Gasteiger partial charge in [0.25, 0.3) is 0 Å². The van der Waals surface area contributed by atoms with Gasteiger partial charge in [0.1, 0.15) is 0 Å². The molecule has 0 radical (unpaired) electrons. The third kappa shape index (κ3) is 0.691. The third-order valence-corrected chi connectivity index (χ3v) is 3.92. The second-order valence-corrected chi connectivity index (χ2v) is 4.39. The second kappa shape index (κ2) is 2.08. The standard InChI is InChI=1S/C10H10F3N/c1-3-4-2-5(10(11,12)13)8-6(3)7(4)9(8)14/h2,6-9H,14H2,1H3/t6-,7?,8?,9?/m0/s1. The Labute approximate surface area is 79.5 Å². The fourth-order valence-electron chi connectivity index (χ4n) is 3.22. The Hall–Kier alpha value is -0.770. The molecule has 1 saturated carbocycles. The SMILES string of the molecule is CC1=C2C=C(C(F)(F)F)C3C(N)C2[C@H]13. The van der Waals surface area contributed by atoms with Crippen molar-refractivity contribution in [2.75, 3.05) is 0 Å². The van der Waals surface area contributed by atoms with Crippen molar-refractivity contribution in [2.45, 2.75) is 19.1 Å². The summed E-state index contributed by atoms with van der Waals surface area (Å²) in [5, 5.41) is 0. The van der Waals surface area contributed by atoms with Crippen LogP contribution in [-0.4, -0.2) is 12.2 Å². The van der Waals surface area contributed by atoms with Gasteiger partial charge in [-0.3, -0.25) is 0 Å². The average molecular weight is 201 g/mol. The van der Waals surface area contributed by atoms with Gasteiger partial charge in [0.15, 0.2) is 0 Å². The summed E-state index contributed by atoms with van der Waals surface area (Å²) in [6.07, 6.45) is -2.88. The maximum atomic E-state index is 12.6. The van der Waals surface area contributed by atoms with Crippen molar-refractivity contribution >= 4 is 0 Å². The van der Waals surface area contributed by atoms with E-state index in [9.17, 15) is 13.2 Å². The van der Waals surface area contributed by atoms with Gasteiger partial charge >= 0.3 is 6.18 Å². The average Bonchev–Trinajstić information content (AvgIpc) is 2.11. The van der Waals surface area contributed by atoms with E-state index in [1.54, 1.807) is 0 Å². The Bertz CT molecular complexity index is 377. The smallest absolute Gasteiger partial charge is 0.327 e. The number of hydrogen-bond donors (Lipinski definition) is 1. The van der Waals surface area contributed by atoms with Gasteiger partial charge in [-0.05, 0) is 18.4 Å². The third-order valence-electron chi connectivity index (χ3n) is 3.92. The zero-order valence-corrected chi connectivity index (χ0v) is 7.60. The van der Waals surface area contributed by atoms with Crippen molar-refractivity contribution in [3.63, 3.8) is 0 Å². The highest BCUT2D eigenvalue weighted by Gasteiger charge is 2.64. The van der Waals surface area contributed by atoms with Gasteiger partial charge in [-0.25, -0.2) is 0 Å². The zero-order chi connectivity index (χ0) is 10.2. The number of rotatable bonds is 0. The summed E-state index contributed by atoms with van der Waals surface area (Å²) < 4.78 is 37.7. The van der Waals surface area contributed by atoms with Gasteiger partial charge in [-0.1, -0.05) is 11.6 Å². The maximum Gasteiger partial charge on any atom is 0.413 e. The Morgan fingerprint density at radius 1 is 1.21 bits per heavy atom. The molecule has 0 aliphatic heterocycles. The summed E-state index contributed by atoms with van der Waals surface area (Å²) in [5.41, 5.74) is 7.28. The molecule has 0 aromatic carbocycles. The maximum absolute atomic E-state index is 12.6. The summed E-state index contributed by atoms with van der Waals surface area (Å²) >= 11 is 0. The topological polar surface area (TPSA) is 26.0 Å². The zero-order valence-electron chi connectivity index (χ0n) is 7.60. The lowest BCUT2D eigenvalue weighted by Crippen LogP contribution is -2.66. The van der Waals surface area contributed by atoms with Crippen LogP contribution in [-0.2, 0) is 0 Å². The molecular formula is C10H10F3N. The number of hydrogen-bond acceptors (Lipinski definition) is 1. The summed E-state index contributed by atoms with van der Waals surface area (Å²) in [5.74, 6) is -0.134. The Morgan fingerprint density at radius 2 is 1.86 bits per heavy atom. The van der Waals surface area contributed by atoms with Crippen molar-refractivity contribution in [3.05, 3.63) is 22.8 Å². The predicted molar refractivity (Wildman–Crippen MR) is 45.3 cm³/mol. The van der Waals surface area contributed by atoms with Gasteiger partial charge in [0.2, 0.25) is 0 Å². The molecule has 4 aliphatic rings. The van der Waals surface area contributed by atoms with E-state index in [0.717, 1.165) is 11.1 Å². The van der Waals surface area contributed by atoms with Gasteiger partial charge in [0, 0.05) is 23.5 Å². The molecule has 76 valence electrons. The quantitative estimate of drug-likeness (QED) is 0.637. The van der Waals surface area contributed by atoms with Crippen LogP contribution < -0.4 is 5.73 Å². The van der Waals surface area contributed by atoms with Crippen LogP contribution in [0.4, 0.5) is 13.2 Å². The lowest BCUT2D eigenvalue weighted by molar-refractivity contribution is -0.118. The Kier molecular flexibility index (Phi) is 1.27. The molecule has 1 fully saturated rings. The first-order valence-electron chi connectivity index (χ1n) is 4.68. The first-order valence-corrected chi connectivity index (χ1v) is 4.68. The van der Waals surface area contributed by atoms with E-state index in [4.69, 9.17) is 5.73 Å². The molecule has 4 bridgehead atoms. The van der Waals surface area contributed by atoms with E-state index in [2.05, 4.69) is 0 Å². The molecule has 1 nitrogen and oxygen atoms in total. The van der Waals surface area contributed by atoms with E-state index in [1.165, 1.54) is 6.08 Å². The van der Waals surface area contributed by atoms with E-state index >= 15 is 0 Å². The normalized spacial score (nSPS) is 44.2. The van der Waals surface area contributed by atoms with Crippen LogP contribution in [0.2, 0.25) is 0 Å². The first kappa shape index (κ1) is 8.53. The van der Waals surface area contributed by atoms with Crippen molar-refractivity contribution < 1.29 is 13.2 Å². The first-order chi connectivity index (χ1) is 6.43. The van der Waals surface area contributed by atoms with E-state index in [-0.39, 0.29) is 17.9 Å². The summed E-state index contributed by atoms with van der Waals surface area (Å²) in [7, 11) is 0. The van der Waals surface area contributed by atoms with Crippen LogP contribution in [0.3, 0.4) is 0 Å². The van der Waals surface area contributed by atoms with Gasteiger partial charge in [-0.15, -0.1) is 0 Å². The molecule has 0 aromatic heterocycles. The fourth-order valence-corrected chi connectivity index (χ4v) is 3.22. The van der Waals surface area contributed by atoms with Crippen LogP contribution in [0.15, 0.2) is 22.8 Å². The fraction of sp³-hybridized carbons (Fsp3) is 0.600. The molecule has 0 spiro atoms. The summed E-state index contributed by atoms with van der Waals surface area (Å²) in [6, 6.07) is -0.291. The van der Waals surface area contributed by atoms with Crippen molar-refractivity contribution in [1.29, 1.82) is 0 Å². The molecule has 4 rings (SSSR count). The largest absolute Gasteiger partial charge is 0.413 e. The van der Waals surface area contributed by atoms with E-state index in [0.29, 0.717) is 0 Å². The van der Waals surface area contributed by atoms with Crippen molar-refractivity contribution in [1.82, 2.24) is 0 Å². The molecular weight excluding hydrogens is 191 g/mol. The highest BCUT2D eigenvalue weighted by Crippen LogP contribution is 2.65. The summed E-state index contributed by atoms with van der Waals surface area (Å²) in [4.78, 5) is 0. The van der Waals surface area contributed by atoms with Gasteiger partial charge in [0.05, 0.1) is 0 Å². The van der Waals surface area contributed by atoms with Gasteiger partial charge in [-0.2, -0.15) is 13.2 Å². The molecule has 0 amide bonds. The molecule has 14 heavy (non-hydrogen) atoms. The Balaban J connectivity index is 2.08. The molecule has 0 saturated heterocycles.